The molecule has 0 atom stereocenters. The molecule has 0 amide bonds. The van der Waals surface area contributed by atoms with Crippen molar-refractivity contribution in [1.82, 2.24) is 15.6 Å². The fourth-order valence-corrected chi connectivity index (χ4v) is 1.98. The largest absolute Gasteiger partial charge is 0.366 e. The van der Waals surface area contributed by atoms with Crippen molar-refractivity contribution >= 4 is 11.6 Å². The predicted octanol–water partition coefficient (Wildman–Crippen LogP) is 2.87. The van der Waals surface area contributed by atoms with Gasteiger partial charge in [-0.25, -0.2) is 4.98 Å². The van der Waals surface area contributed by atoms with E-state index in [-0.39, 0.29) is 5.57 Å². The van der Waals surface area contributed by atoms with E-state index in [0.717, 1.165) is 11.1 Å². The Morgan fingerprint density at radius 1 is 0.957 bits per heavy atom. The van der Waals surface area contributed by atoms with Crippen LogP contribution < -0.4 is 10.6 Å². The first kappa shape index (κ1) is 16.4. The van der Waals surface area contributed by atoms with Crippen molar-refractivity contribution in [2.24, 2.45) is 0 Å². The summed E-state index contributed by atoms with van der Waals surface area (Å²) < 4.78 is 0. The zero-order valence-corrected chi connectivity index (χ0v) is 13.0. The standard InChI is InChI=1S/C17H14ClN5/c18-16-7-6-14(11-21-16)12-23-17(15(8-19)9-20)22-10-13-4-2-1-3-5-13/h1-7,11,22-23H,10,12H2. The van der Waals surface area contributed by atoms with E-state index in [0.29, 0.717) is 24.1 Å². The molecule has 0 radical (unpaired) electrons. The first-order chi connectivity index (χ1) is 11.2. The Kier molecular flexibility index (Phi) is 5.99. The van der Waals surface area contributed by atoms with Crippen molar-refractivity contribution in [1.29, 1.82) is 10.5 Å². The van der Waals surface area contributed by atoms with Crippen LogP contribution in [0.2, 0.25) is 5.15 Å². The molecule has 2 rings (SSSR count). The van der Waals surface area contributed by atoms with Crippen molar-refractivity contribution in [3.05, 3.63) is 76.3 Å². The van der Waals surface area contributed by atoms with E-state index in [1.807, 2.05) is 48.5 Å². The quantitative estimate of drug-likeness (QED) is 0.630. The van der Waals surface area contributed by atoms with Crippen molar-refractivity contribution in [3.63, 3.8) is 0 Å². The van der Waals surface area contributed by atoms with Crippen LogP contribution in [-0.4, -0.2) is 4.98 Å². The Bertz CT molecular complexity index is 738. The molecule has 5 nitrogen and oxygen atoms in total. The number of nitrogens with zero attached hydrogens (tertiary/aromatic N) is 3. The molecular weight excluding hydrogens is 310 g/mol. The van der Waals surface area contributed by atoms with Gasteiger partial charge in [-0.15, -0.1) is 0 Å². The molecule has 0 aliphatic rings. The highest BCUT2D eigenvalue weighted by Gasteiger charge is 2.06. The predicted molar refractivity (Wildman–Crippen MR) is 87.6 cm³/mol. The van der Waals surface area contributed by atoms with Crippen LogP contribution in [0.3, 0.4) is 0 Å². The molecule has 0 unspecified atom stereocenters. The second-order valence-electron chi connectivity index (χ2n) is 4.66. The minimum Gasteiger partial charge on any atom is -0.366 e. The number of allylic oxidation sites excluding steroid dienone is 1. The molecule has 0 bridgehead atoms. The van der Waals surface area contributed by atoms with Gasteiger partial charge in [0, 0.05) is 19.3 Å². The first-order valence-corrected chi connectivity index (χ1v) is 7.27. The summed E-state index contributed by atoms with van der Waals surface area (Å²) in [5.74, 6) is 0.397. The minimum atomic E-state index is 0.00264. The molecule has 2 N–H and O–H groups in total. The minimum absolute atomic E-state index is 0.00264. The number of halogens is 1. The number of hydrogen-bond donors (Lipinski definition) is 2. The van der Waals surface area contributed by atoms with Crippen LogP contribution in [0, 0.1) is 22.7 Å². The number of aromatic nitrogens is 1. The zero-order valence-electron chi connectivity index (χ0n) is 12.3. The maximum absolute atomic E-state index is 9.09. The molecule has 1 heterocycles. The second-order valence-corrected chi connectivity index (χ2v) is 5.04. The maximum Gasteiger partial charge on any atom is 0.169 e. The molecule has 0 aliphatic heterocycles. The zero-order chi connectivity index (χ0) is 16.5. The molecule has 6 heteroatoms. The summed E-state index contributed by atoms with van der Waals surface area (Å²) in [5, 5.41) is 24.8. The third kappa shape index (κ3) is 5.03. The lowest BCUT2D eigenvalue weighted by Crippen LogP contribution is -2.27. The van der Waals surface area contributed by atoms with Gasteiger partial charge in [-0.1, -0.05) is 48.0 Å². The first-order valence-electron chi connectivity index (χ1n) is 6.89. The Morgan fingerprint density at radius 2 is 1.61 bits per heavy atom. The summed E-state index contributed by atoms with van der Waals surface area (Å²) in [5.41, 5.74) is 1.95. The summed E-state index contributed by atoms with van der Waals surface area (Å²) in [6.45, 7) is 0.934. The van der Waals surface area contributed by atoms with Crippen LogP contribution in [0.25, 0.3) is 0 Å². The number of hydrogen-bond acceptors (Lipinski definition) is 5. The normalized spacial score (nSPS) is 9.35. The van der Waals surface area contributed by atoms with Crippen LogP contribution in [-0.2, 0) is 13.1 Å². The summed E-state index contributed by atoms with van der Waals surface area (Å²) >= 11 is 5.75. The maximum atomic E-state index is 9.09. The van der Waals surface area contributed by atoms with Gasteiger partial charge in [0.05, 0.1) is 0 Å². The average Bonchev–Trinajstić information content (AvgIpc) is 2.60. The van der Waals surface area contributed by atoms with Crippen molar-refractivity contribution in [2.45, 2.75) is 13.1 Å². The highest BCUT2D eigenvalue weighted by molar-refractivity contribution is 6.29. The van der Waals surface area contributed by atoms with E-state index in [1.165, 1.54) is 0 Å². The lowest BCUT2D eigenvalue weighted by atomic mass is 10.2. The van der Waals surface area contributed by atoms with E-state index in [1.54, 1.807) is 12.3 Å². The van der Waals surface area contributed by atoms with E-state index in [4.69, 9.17) is 22.1 Å². The van der Waals surface area contributed by atoms with Gasteiger partial charge in [0.15, 0.2) is 5.57 Å². The summed E-state index contributed by atoms with van der Waals surface area (Å²) in [4.78, 5) is 3.99. The van der Waals surface area contributed by atoms with E-state index in [2.05, 4.69) is 15.6 Å². The van der Waals surface area contributed by atoms with Gasteiger partial charge in [0.25, 0.3) is 0 Å². The van der Waals surface area contributed by atoms with Gasteiger partial charge < -0.3 is 10.6 Å². The van der Waals surface area contributed by atoms with E-state index < -0.39 is 0 Å². The fourth-order valence-electron chi connectivity index (χ4n) is 1.86. The molecule has 0 aliphatic carbocycles. The Morgan fingerprint density at radius 3 is 2.17 bits per heavy atom. The molecule has 0 spiro atoms. The van der Waals surface area contributed by atoms with Gasteiger partial charge in [0.1, 0.15) is 23.1 Å². The summed E-state index contributed by atoms with van der Waals surface area (Å²) in [7, 11) is 0. The van der Waals surface area contributed by atoms with Crippen molar-refractivity contribution in [3.8, 4) is 12.1 Å². The van der Waals surface area contributed by atoms with Crippen LogP contribution in [0.4, 0.5) is 0 Å². The van der Waals surface area contributed by atoms with Crippen LogP contribution >= 0.6 is 11.6 Å². The summed E-state index contributed by atoms with van der Waals surface area (Å²) in [6, 6.07) is 17.0. The van der Waals surface area contributed by atoms with Gasteiger partial charge in [0.2, 0.25) is 0 Å². The van der Waals surface area contributed by atoms with Crippen molar-refractivity contribution in [2.75, 3.05) is 0 Å². The molecular formula is C17H14ClN5. The van der Waals surface area contributed by atoms with Crippen LogP contribution in [0.1, 0.15) is 11.1 Å². The molecule has 114 valence electrons. The van der Waals surface area contributed by atoms with Gasteiger partial charge in [-0.05, 0) is 17.2 Å². The molecule has 0 fully saturated rings. The second kappa shape index (κ2) is 8.43. The molecule has 0 saturated heterocycles. The topological polar surface area (TPSA) is 84.5 Å². The lowest BCUT2D eigenvalue weighted by Gasteiger charge is -2.14. The van der Waals surface area contributed by atoms with E-state index in [9.17, 15) is 0 Å². The number of benzene rings is 1. The van der Waals surface area contributed by atoms with Crippen molar-refractivity contribution < 1.29 is 0 Å². The Labute approximate surface area is 139 Å². The Hall–Kier alpha value is -3.02. The molecule has 2 aromatic rings. The Balaban J connectivity index is 2.06. The third-order valence-electron chi connectivity index (χ3n) is 3.04. The monoisotopic (exact) mass is 323 g/mol. The number of pyridine rings is 1. The highest BCUT2D eigenvalue weighted by Crippen LogP contribution is 2.07. The number of nitrogens with one attached hydrogen (secondary N) is 2. The van der Waals surface area contributed by atoms with E-state index >= 15 is 0 Å². The van der Waals surface area contributed by atoms with Crippen LogP contribution in [0.5, 0.6) is 0 Å². The SMILES string of the molecule is N#CC(C#N)=C(NCc1ccccc1)NCc1ccc(Cl)nc1. The van der Waals surface area contributed by atoms with Gasteiger partial charge >= 0.3 is 0 Å². The molecule has 1 aromatic heterocycles. The van der Waals surface area contributed by atoms with Gasteiger partial charge in [-0.2, -0.15) is 10.5 Å². The number of nitriles is 2. The van der Waals surface area contributed by atoms with Crippen LogP contribution in [0.15, 0.2) is 60.1 Å². The van der Waals surface area contributed by atoms with Gasteiger partial charge in [-0.3, -0.25) is 0 Å². The highest BCUT2D eigenvalue weighted by atomic mass is 35.5. The average molecular weight is 324 g/mol. The molecule has 23 heavy (non-hydrogen) atoms. The summed E-state index contributed by atoms with van der Waals surface area (Å²) in [6.07, 6.45) is 1.64. The smallest absolute Gasteiger partial charge is 0.169 e. The third-order valence-corrected chi connectivity index (χ3v) is 3.27. The fraction of sp³-hybridized carbons (Fsp3) is 0.118. The molecule has 0 saturated carbocycles. The number of rotatable bonds is 6. The lowest BCUT2D eigenvalue weighted by molar-refractivity contribution is 0.676. The molecule has 1 aromatic carbocycles.